The summed E-state index contributed by atoms with van der Waals surface area (Å²) in [5, 5.41) is 7.05. The van der Waals surface area contributed by atoms with E-state index >= 15 is 0 Å². The van der Waals surface area contributed by atoms with E-state index in [2.05, 4.69) is 21.3 Å². The van der Waals surface area contributed by atoms with Crippen molar-refractivity contribution >= 4 is 17.2 Å². The van der Waals surface area contributed by atoms with Crippen molar-refractivity contribution in [3.8, 4) is 18.1 Å². The topological polar surface area (TPSA) is 68.5 Å². The number of amides is 1. The van der Waals surface area contributed by atoms with Crippen molar-refractivity contribution in [1.82, 2.24) is 14.6 Å². The summed E-state index contributed by atoms with van der Waals surface area (Å²) in [7, 11) is 0. The average molecular weight is 320 g/mol. The number of rotatable bonds is 4. The molecule has 0 spiro atoms. The number of ether oxygens (including phenoxy) is 1. The standard InChI is InChI=1S/C18H16N4O2/c1-4-9-24-15-7-5-14(6-8-15)21-18(23)16-11-19-22-13(3)10-12(2)20-17(16)22/h1,5-8,10-11H,9H2,2-3H3,(H,21,23). The Balaban J connectivity index is 1.81. The summed E-state index contributed by atoms with van der Waals surface area (Å²) in [6.45, 7) is 4.01. The molecule has 0 atom stereocenters. The summed E-state index contributed by atoms with van der Waals surface area (Å²) in [6, 6.07) is 8.90. The second kappa shape index (κ2) is 6.42. The smallest absolute Gasteiger partial charge is 0.261 e. The maximum atomic E-state index is 12.5. The number of fused-ring (bicyclic) bond motifs is 1. The highest BCUT2D eigenvalue weighted by molar-refractivity contribution is 6.08. The van der Waals surface area contributed by atoms with E-state index in [1.807, 2.05) is 19.9 Å². The number of carbonyl (C=O) groups excluding carboxylic acids is 1. The SMILES string of the molecule is C#CCOc1ccc(NC(=O)c2cnn3c(C)cc(C)nc23)cc1. The van der Waals surface area contributed by atoms with Gasteiger partial charge in [-0.05, 0) is 44.2 Å². The first kappa shape index (κ1) is 15.6. The second-order valence-corrected chi connectivity index (χ2v) is 5.30. The first-order valence-electron chi connectivity index (χ1n) is 7.38. The molecule has 0 bridgehead atoms. The first-order valence-corrected chi connectivity index (χ1v) is 7.38. The number of hydrogen-bond donors (Lipinski definition) is 1. The highest BCUT2D eigenvalue weighted by atomic mass is 16.5. The molecule has 0 saturated carbocycles. The van der Waals surface area contributed by atoms with Crippen LogP contribution in [0.15, 0.2) is 36.5 Å². The van der Waals surface area contributed by atoms with Crippen LogP contribution in [0.4, 0.5) is 5.69 Å². The number of aromatic nitrogens is 3. The van der Waals surface area contributed by atoms with Crippen molar-refractivity contribution in [2.75, 3.05) is 11.9 Å². The molecule has 0 aliphatic carbocycles. The molecular formula is C18H16N4O2. The fraction of sp³-hybridized carbons (Fsp3) is 0.167. The van der Waals surface area contributed by atoms with Gasteiger partial charge in [0.25, 0.3) is 5.91 Å². The molecule has 0 aliphatic rings. The van der Waals surface area contributed by atoms with E-state index in [-0.39, 0.29) is 12.5 Å². The molecule has 1 amide bonds. The molecule has 6 heteroatoms. The summed E-state index contributed by atoms with van der Waals surface area (Å²) < 4.78 is 6.95. The van der Waals surface area contributed by atoms with E-state index in [0.29, 0.717) is 22.6 Å². The minimum Gasteiger partial charge on any atom is -0.481 e. The second-order valence-electron chi connectivity index (χ2n) is 5.30. The number of terminal acetylenes is 1. The molecule has 3 aromatic rings. The maximum absolute atomic E-state index is 12.5. The molecule has 0 unspecified atom stereocenters. The monoisotopic (exact) mass is 320 g/mol. The van der Waals surface area contributed by atoms with Crippen LogP contribution in [0.1, 0.15) is 21.7 Å². The van der Waals surface area contributed by atoms with Gasteiger partial charge in [0.05, 0.1) is 6.20 Å². The van der Waals surface area contributed by atoms with Gasteiger partial charge in [0, 0.05) is 17.1 Å². The summed E-state index contributed by atoms with van der Waals surface area (Å²) in [5.41, 5.74) is 3.38. The van der Waals surface area contributed by atoms with Crippen LogP contribution in [0.2, 0.25) is 0 Å². The minimum absolute atomic E-state index is 0.207. The molecule has 1 aromatic carbocycles. The highest BCUT2D eigenvalue weighted by Crippen LogP contribution is 2.18. The zero-order chi connectivity index (χ0) is 17.1. The van der Waals surface area contributed by atoms with E-state index in [1.54, 1.807) is 28.8 Å². The number of aryl methyl sites for hydroxylation is 2. The van der Waals surface area contributed by atoms with Crippen molar-refractivity contribution < 1.29 is 9.53 Å². The largest absolute Gasteiger partial charge is 0.481 e. The van der Waals surface area contributed by atoms with Crippen molar-refractivity contribution in [2.24, 2.45) is 0 Å². The Hall–Kier alpha value is -3.33. The number of benzene rings is 1. The van der Waals surface area contributed by atoms with Gasteiger partial charge in [0.15, 0.2) is 5.65 Å². The van der Waals surface area contributed by atoms with E-state index in [1.165, 1.54) is 6.20 Å². The van der Waals surface area contributed by atoms with Gasteiger partial charge in [-0.25, -0.2) is 9.50 Å². The van der Waals surface area contributed by atoms with Crippen molar-refractivity contribution in [3.63, 3.8) is 0 Å². The molecule has 0 saturated heterocycles. The van der Waals surface area contributed by atoms with Gasteiger partial charge in [-0.2, -0.15) is 5.10 Å². The van der Waals surface area contributed by atoms with E-state index in [9.17, 15) is 4.79 Å². The Morgan fingerprint density at radius 1 is 1.33 bits per heavy atom. The molecule has 120 valence electrons. The third-order valence-corrected chi connectivity index (χ3v) is 3.46. The average Bonchev–Trinajstić information content (AvgIpc) is 2.98. The Bertz CT molecular complexity index is 936. The Morgan fingerprint density at radius 2 is 2.08 bits per heavy atom. The fourth-order valence-corrected chi connectivity index (χ4v) is 2.39. The fourth-order valence-electron chi connectivity index (χ4n) is 2.39. The van der Waals surface area contributed by atoms with Crippen LogP contribution in [-0.4, -0.2) is 27.1 Å². The molecule has 3 rings (SSSR count). The normalized spacial score (nSPS) is 10.4. The number of carbonyl (C=O) groups is 1. The van der Waals surface area contributed by atoms with Crippen LogP contribution < -0.4 is 10.1 Å². The molecule has 1 N–H and O–H groups in total. The summed E-state index contributed by atoms with van der Waals surface area (Å²) in [4.78, 5) is 16.9. The highest BCUT2D eigenvalue weighted by Gasteiger charge is 2.15. The summed E-state index contributed by atoms with van der Waals surface area (Å²) >= 11 is 0. The molecule has 0 aliphatic heterocycles. The number of nitrogens with one attached hydrogen (secondary N) is 1. The van der Waals surface area contributed by atoms with Gasteiger partial charge in [-0.15, -0.1) is 6.42 Å². The maximum Gasteiger partial charge on any atom is 0.261 e. The van der Waals surface area contributed by atoms with Crippen LogP contribution in [0, 0.1) is 26.2 Å². The third-order valence-electron chi connectivity index (χ3n) is 3.46. The number of anilines is 1. The van der Waals surface area contributed by atoms with Crippen molar-refractivity contribution in [3.05, 3.63) is 53.5 Å². The zero-order valence-corrected chi connectivity index (χ0v) is 13.4. The Labute approximate surface area is 139 Å². The third kappa shape index (κ3) is 3.06. The van der Waals surface area contributed by atoms with Crippen LogP contribution >= 0.6 is 0 Å². The first-order chi connectivity index (χ1) is 11.6. The molecular weight excluding hydrogens is 304 g/mol. The lowest BCUT2D eigenvalue weighted by Crippen LogP contribution is -2.12. The van der Waals surface area contributed by atoms with Gasteiger partial charge in [0.1, 0.15) is 17.9 Å². The molecule has 2 heterocycles. The van der Waals surface area contributed by atoms with Crippen LogP contribution in [-0.2, 0) is 0 Å². The van der Waals surface area contributed by atoms with Gasteiger partial charge in [0.2, 0.25) is 0 Å². The Kier molecular flexibility index (Phi) is 4.17. The molecule has 0 fully saturated rings. The quantitative estimate of drug-likeness (QED) is 0.750. The zero-order valence-electron chi connectivity index (χ0n) is 13.4. The van der Waals surface area contributed by atoms with Gasteiger partial charge < -0.3 is 10.1 Å². The van der Waals surface area contributed by atoms with Crippen LogP contribution in [0.5, 0.6) is 5.75 Å². The minimum atomic E-state index is -0.264. The Morgan fingerprint density at radius 3 is 2.79 bits per heavy atom. The number of hydrogen-bond acceptors (Lipinski definition) is 4. The van der Waals surface area contributed by atoms with Crippen molar-refractivity contribution in [1.29, 1.82) is 0 Å². The van der Waals surface area contributed by atoms with Gasteiger partial charge in [-0.3, -0.25) is 4.79 Å². The van der Waals surface area contributed by atoms with Crippen LogP contribution in [0.25, 0.3) is 5.65 Å². The number of nitrogens with zero attached hydrogens (tertiary/aromatic N) is 3. The molecule has 2 aromatic heterocycles. The summed E-state index contributed by atoms with van der Waals surface area (Å²) in [6.07, 6.45) is 6.67. The van der Waals surface area contributed by atoms with Crippen molar-refractivity contribution in [2.45, 2.75) is 13.8 Å². The van der Waals surface area contributed by atoms with Crippen LogP contribution in [0.3, 0.4) is 0 Å². The lowest BCUT2D eigenvalue weighted by Gasteiger charge is -2.06. The van der Waals surface area contributed by atoms with E-state index in [0.717, 1.165) is 11.4 Å². The predicted molar refractivity (Wildman–Crippen MR) is 91.2 cm³/mol. The molecule has 24 heavy (non-hydrogen) atoms. The van der Waals surface area contributed by atoms with E-state index in [4.69, 9.17) is 11.2 Å². The molecule has 6 nitrogen and oxygen atoms in total. The summed E-state index contributed by atoms with van der Waals surface area (Å²) in [5.74, 6) is 2.78. The lowest BCUT2D eigenvalue weighted by molar-refractivity contribution is 0.102. The van der Waals surface area contributed by atoms with Gasteiger partial charge in [-0.1, -0.05) is 5.92 Å². The predicted octanol–water partition coefficient (Wildman–Crippen LogP) is 2.61. The van der Waals surface area contributed by atoms with Gasteiger partial charge >= 0.3 is 0 Å². The lowest BCUT2D eigenvalue weighted by atomic mass is 10.2. The molecule has 0 radical (unpaired) electrons. The van der Waals surface area contributed by atoms with E-state index < -0.39 is 0 Å².